The monoisotopic (exact) mass is 492 g/mol. The molecule has 0 aliphatic heterocycles. The molecule has 0 spiro atoms. The first kappa shape index (κ1) is 22.0. The van der Waals surface area contributed by atoms with Crippen LogP contribution in [0.3, 0.4) is 0 Å². The second kappa shape index (κ2) is 7.87. The van der Waals surface area contributed by atoms with Crippen LogP contribution < -0.4 is 0 Å². The Kier molecular flexibility index (Phi) is 5.98. The number of benzene rings is 3. The van der Waals surface area contributed by atoms with Crippen LogP contribution in [0.2, 0.25) is 20.1 Å². The predicted molar refractivity (Wildman–Crippen MR) is 114 cm³/mol. The summed E-state index contributed by atoms with van der Waals surface area (Å²) in [4.78, 5) is 0. The van der Waals surface area contributed by atoms with Crippen LogP contribution in [0.5, 0.6) is 11.5 Å². The van der Waals surface area contributed by atoms with Gasteiger partial charge in [0.2, 0.25) is 0 Å². The van der Waals surface area contributed by atoms with Crippen LogP contribution in [0, 0.1) is 0 Å². The maximum Gasteiger partial charge on any atom is 0.283 e. The molecule has 0 aliphatic carbocycles. The van der Waals surface area contributed by atoms with E-state index in [9.17, 15) is 23.2 Å². The Balaban J connectivity index is 2.62. The van der Waals surface area contributed by atoms with Crippen molar-refractivity contribution in [3.63, 3.8) is 0 Å². The molecular weight excluding hydrogens is 482 g/mol. The molecule has 10 heteroatoms. The molecule has 0 saturated heterocycles. The molecule has 152 valence electrons. The van der Waals surface area contributed by atoms with E-state index in [2.05, 4.69) is 0 Å². The zero-order chi connectivity index (χ0) is 21.6. The first-order valence-corrected chi connectivity index (χ1v) is 10.8. The van der Waals surface area contributed by atoms with Gasteiger partial charge in [0, 0.05) is 10.6 Å². The first-order chi connectivity index (χ1) is 13.5. The van der Waals surface area contributed by atoms with Crippen molar-refractivity contribution in [1.29, 1.82) is 0 Å². The van der Waals surface area contributed by atoms with E-state index in [4.69, 9.17) is 46.4 Å². The first-order valence-electron chi connectivity index (χ1n) is 7.89. The highest BCUT2D eigenvalue weighted by atomic mass is 35.5. The molecule has 29 heavy (non-hydrogen) atoms. The largest absolute Gasteiger partial charge is 0.506 e. The smallest absolute Gasteiger partial charge is 0.283 e. The molecule has 3 aromatic carbocycles. The summed E-state index contributed by atoms with van der Waals surface area (Å²) in [5, 5.41) is 19.7. The van der Waals surface area contributed by atoms with Crippen LogP contribution in [0.25, 0.3) is 0 Å². The quantitative estimate of drug-likeness (QED) is 0.239. The minimum absolute atomic E-state index is 0.0551. The second-order valence-electron chi connectivity index (χ2n) is 6.10. The predicted octanol–water partition coefficient (Wildman–Crippen LogP) is 5.89. The summed E-state index contributed by atoms with van der Waals surface area (Å²) < 4.78 is 34.0. The Hall–Kier alpha value is -1.67. The molecule has 0 radical (unpaired) electrons. The van der Waals surface area contributed by atoms with Crippen molar-refractivity contribution in [2.45, 2.75) is 4.75 Å². The molecule has 0 heterocycles. The number of phenolic OH excluding ortho intramolecular Hbond substituents is 2. The van der Waals surface area contributed by atoms with E-state index in [1.54, 1.807) is 18.2 Å². The van der Waals surface area contributed by atoms with Gasteiger partial charge in [-0.3, -0.25) is 4.55 Å². The molecule has 0 amide bonds. The Morgan fingerprint density at radius 3 is 1.83 bits per heavy atom. The summed E-state index contributed by atoms with van der Waals surface area (Å²) in [6.07, 6.45) is 0. The van der Waals surface area contributed by atoms with Crippen LogP contribution in [0.4, 0.5) is 0 Å². The molecule has 5 nitrogen and oxygen atoms in total. The highest BCUT2D eigenvalue weighted by Gasteiger charge is 2.50. The van der Waals surface area contributed by atoms with Crippen LogP contribution in [-0.2, 0) is 14.9 Å². The third-order valence-corrected chi connectivity index (χ3v) is 7.25. The molecule has 0 fully saturated rings. The Morgan fingerprint density at radius 1 is 0.759 bits per heavy atom. The van der Waals surface area contributed by atoms with Gasteiger partial charge in [-0.05, 0) is 35.4 Å². The molecule has 3 aromatic rings. The molecule has 3 rings (SSSR count). The summed E-state index contributed by atoms with van der Waals surface area (Å²) in [5.41, 5.74) is -0.346. The summed E-state index contributed by atoms with van der Waals surface area (Å²) >= 11 is 24.4. The highest BCUT2D eigenvalue weighted by Crippen LogP contribution is 2.50. The third kappa shape index (κ3) is 3.65. The average Bonchev–Trinajstić information content (AvgIpc) is 2.63. The van der Waals surface area contributed by atoms with Gasteiger partial charge in [0.15, 0.2) is 4.75 Å². The lowest BCUT2D eigenvalue weighted by Gasteiger charge is -2.33. The summed E-state index contributed by atoms with van der Waals surface area (Å²) in [7, 11) is -5.06. The van der Waals surface area contributed by atoms with Crippen molar-refractivity contribution in [3.8, 4) is 11.5 Å². The summed E-state index contributed by atoms with van der Waals surface area (Å²) in [5.74, 6) is -1.20. The van der Waals surface area contributed by atoms with E-state index >= 15 is 0 Å². The topological polar surface area (TPSA) is 94.8 Å². The van der Waals surface area contributed by atoms with Gasteiger partial charge in [0.25, 0.3) is 10.1 Å². The van der Waals surface area contributed by atoms with Gasteiger partial charge >= 0.3 is 0 Å². The van der Waals surface area contributed by atoms with Gasteiger partial charge < -0.3 is 10.2 Å². The molecule has 1 unspecified atom stereocenters. The number of hydrogen-bond acceptors (Lipinski definition) is 4. The van der Waals surface area contributed by atoms with E-state index in [0.29, 0.717) is 0 Å². The van der Waals surface area contributed by atoms with E-state index in [1.807, 2.05) is 0 Å². The van der Waals surface area contributed by atoms with Crippen LogP contribution in [-0.4, -0.2) is 23.2 Å². The fourth-order valence-corrected chi connectivity index (χ4v) is 5.39. The van der Waals surface area contributed by atoms with Crippen molar-refractivity contribution >= 4 is 56.5 Å². The van der Waals surface area contributed by atoms with Gasteiger partial charge in [-0.2, -0.15) is 8.42 Å². The number of rotatable bonds is 4. The van der Waals surface area contributed by atoms with E-state index < -0.39 is 26.4 Å². The zero-order valence-corrected chi connectivity index (χ0v) is 18.1. The van der Waals surface area contributed by atoms with Crippen molar-refractivity contribution in [2.75, 3.05) is 0 Å². The minimum atomic E-state index is -5.06. The number of hydrogen-bond donors (Lipinski definition) is 3. The van der Waals surface area contributed by atoms with Crippen molar-refractivity contribution in [1.82, 2.24) is 0 Å². The van der Waals surface area contributed by atoms with Crippen molar-refractivity contribution < 1.29 is 23.2 Å². The highest BCUT2D eigenvalue weighted by molar-refractivity contribution is 7.87. The van der Waals surface area contributed by atoms with Gasteiger partial charge in [-0.15, -0.1) is 0 Å². The Bertz CT molecular complexity index is 1180. The van der Waals surface area contributed by atoms with Crippen LogP contribution in [0.1, 0.15) is 16.7 Å². The van der Waals surface area contributed by atoms with Crippen molar-refractivity contribution in [2.24, 2.45) is 0 Å². The molecule has 0 aliphatic rings. The van der Waals surface area contributed by atoms with Crippen LogP contribution >= 0.6 is 46.4 Å². The number of halogens is 4. The lowest BCUT2D eigenvalue weighted by atomic mass is 9.83. The molecule has 0 bridgehead atoms. The summed E-state index contributed by atoms with van der Waals surface area (Å²) in [6, 6.07) is 12.2. The van der Waals surface area contributed by atoms with E-state index in [1.165, 1.54) is 24.3 Å². The maximum absolute atomic E-state index is 13.0. The second-order valence-corrected chi connectivity index (χ2v) is 9.26. The van der Waals surface area contributed by atoms with Gasteiger partial charge in [-0.1, -0.05) is 76.7 Å². The summed E-state index contributed by atoms with van der Waals surface area (Å²) in [6.45, 7) is 0. The van der Waals surface area contributed by atoms with Gasteiger partial charge in [0.05, 0.1) is 10.0 Å². The molecule has 0 aromatic heterocycles. The normalized spacial score (nSPS) is 13.8. The zero-order valence-electron chi connectivity index (χ0n) is 14.3. The van der Waals surface area contributed by atoms with Crippen LogP contribution in [0.15, 0.2) is 54.6 Å². The van der Waals surface area contributed by atoms with E-state index in [0.717, 1.165) is 12.1 Å². The Morgan fingerprint density at radius 2 is 1.31 bits per heavy atom. The standard InChI is InChI=1S/C19H12Cl4O5S/c20-12-8-13(17(22)14(21)9-12)19(29(26,27)28,10-4-2-1-3-5-10)11-6-15(24)18(23)16(25)7-11/h1-9,24-25H,(H,26,27,28). The third-order valence-electron chi connectivity index (χ3n) is 4.38. The SMILES string of the molecule is O=S(=O)(O)C(c1ccccc1)(c1cc(O)c(Cl)c(O)c1)c1cc(Cl)cc(Cl)c1Cl. The van der Waals surface area contributed by atoms with E-state index in [-0.39, 0.29) is 36.8 Å². The molecule has 0 saturated carbocycles. The minimum Gasteiger partial charge on any atom is -0.506 e. The number of phenols is 2. The fourth-order valence-electron chi connectivity index (χ4n) is 3.20. The number of aromatic hydroxyl groups is 2. The fraction of sp³-hybridized carbons (Fsp3) is 0.0526. The average molecular weight is 494 g/mol. The maximum atomic E-state index is 13.0. The lowest BCUT2D eigenvalue weighted by Crippen LogP contribution is -2.38. The Labute approximate surface area is 186 Å². The lowest BCUT2D eigenvalue weighted by molar-refractivity contribution is 0.444. The van der Waals surface area contributed by atoms with Crippen molar-refractivity contribution in [3.05, 3.63) is 91.4 Å². The van der Waals surface area contributed by atoms with Gasteiger partial charge in [-0.25, -0.2) is 0 Å². The van der Waals surface area contributed by atoms with Gasteiger partial charge in [0.1, 0.15) is 16.5 Å². The molecule has 3 N–H and O–H groups in total. The molecule has 1 atom stereocenters. The molecular formula is C19H12Cl4O5S.